The fourth-order valence-electron chi connectivity index (χ4n) is 5.71. The van der Waals surface area contributed by atoms with Crippen LogP contribution in [0.4, 0.5) is 0 Å². The Bertz CT molecular complexity index is 1480. The summed E-state index contributed by atoms with van der Waals surface area (Å²) < 4.78 is 0. The summed E-state index contributed by atoms with van der Waals surface area (Å²) in [5.41, 5.74) is 12.0. The Morgan fingerprint density at radius 3 is 2.00 bits per heavy atom. The van der Waals surface area contributed by atoms with Crippen molar-refractivity contribution in [3.8, 4) is 22.3 Å². The lowest BCUT2D eigenvalue weighted by molar-refractivity contribution is 0.282. The average Bonchev–Trinajstić information content (AvgIpc) is 3.21. The molecule has 1 aliphatic rings. The third kappa shape index (κ3) is 2.98. The second-order valence-electron chi connectivity index (χ2n) is 9.11. The van der Waals surface area contributed by atoms with Gasteiger partial charge in [0.25, 0.3) is 0 Å². The summed E-state index contributed by atoms with van der Waals surface area (Å²) in [6, 6.07) is 43.7. The molecule has 34 heavy (non-hydrogen) atoms. The van der Waals surface area contributed by atoms with Crippen LogP contribution < -0.4 is 0 Å². The van der Waals surface area contributed by atoms with Gasteiger partial charge in [0, 0.05) is 0 Å². The minimum Gasteiger partial charge on any atom is -0.392 e. The van der Waals surface area contributed by atoms with Crippen molar-refractivity contribution in [3.05, 3.63) is 155 Å². The third-order valence-electron chi connectivity index (χ3n) is 7.17. The van der Waals surface area contributed by atoms with Gasteiger partial charge >= 0.3 is 0 Å². The van der Waals surface area contributed by atoms with E-state index in [0.29, 0.717) is 0 Å². The summed E-state index contributed by atoms with van der Waals surface area (Å²) in [5, 5.41) is 9.53. The molecular formula is C33H26O. The lowest BCUT2D eigenvalue weighted by atomic mass is 9.67. The van der Waals surface area contributed by atoms with E-state index in [2.05, 4.69) is 116 Å². The van der Waals surface area contributed by atoms with Crippen molar-refractivity contribution in [3.63, 3.8) is 0 Å². The standard InChI is InChI=1S/C33H26O/c1-23-9-7-12-27(21-23)33(26-10-3-2-4-11-26)30-15-6-5-13-29(30)32-28(14-8-16-31(32)33)25-19-17-24(22-34)18-20-25/h2-21,34H,22H2,1H3. The van der Waals surface area contributed by atoms with Crippen LogP contribution in [-0.2, 0) is 12.0 Å². The molecule has 1 nitrogen and oxygen atoms in total. The Balaban J connectivity index is 1.74. The van der Waals surface area contributed by atoms with Gasteiger partial charge in [0.15, 0.2) is 0 Å². The number of rotatable bonds is 4. The van der Waals surface area contributed by atoms with Crippen LogP contribution in [0.25, 0.3) is 22.3 Å². The molecule has 5 aromatic carbocycles. The van der Waals surface area contributed by atoms with Gasteiger partial charge in [0.05, 0.1) is 12.0 Å². The molecule has 1 N–H and O–H groups in total. The predicted molar refractivity (Wildman–Crippen MR) is 140 cm³/mol. The lowest BCUT2D eigenvalue weighted by Crippen LogP contribution is -2.28. The molecule has 0 spiro atoms. The summed E-state index contributed by atoms with van der Waals surface area (Å²) in [7, 11) is 0. The van der Waals surface area contributed by atoms with E-state index in [4.69, 9.17) is 0 Å². The predicted octanol–water partition coefficient (Wildman–Crippen LogP) is 7.52. The molecule has 0 amide bonds. The molecule has 164 valence electrons. The van der Waals surface area contributed by atoms with Crippen molar-refractivity contribution in [2.75, 3.05) is 0 Å². The molecule has 1 atom stereocenters. The summed E-state index contributed by atoms with van der Waals surface area (Å²) in [5.74, 6) is 0. The monoisotopic (exact) mass is 438 g/mol. The molecule has 0 bridgehead atoms. The van der Waals surface area contributed by atoms with E-state index in [1.54, 1.807) is 0 Å². The van der Waals surface area contributed by atoms with Crippen molar-refractivity contribution in [2.24, 2.45) is 0 Å². The molecule has 5 aromatic rings. The summed E-state index contributed by atoms with van der Waals surface area (Å²) in [4.78, 5) is 0. The Morgan fingerprint density at radius 1 is 0.588 bits per heavy atom. The molecule has 0 saturated carbocycles. The van der Waals surface area contributed by atoms with Gasteiger partial charge in [-0.25, -0.2) is 0 Å². The molecular weight excluding hydrogens is 412 g/mol. The molecule has 6 rings (SSSR count). The normalized spacial score (nSPS) is 16.2. The fourth-order valence-corrected chi connectivity index (χ4v) is 5.71. The van der Waals surface area contributed by atoms with Crippen LogP contribution in [0, 0.1) is 6.92 Å². The first-order valence-electron chi connectivity index (χ1n) is 11.8. The number of fused-ring (bicyclic) bond motifs is 3. The molecule has 0 fully saturated rings. The highest BCUT2D eigenvalue weighted by atomic mass is 16.3. The van der Waals surface area contributed by atoms with Gasteiger partial charge in [-0.15, -0.1) is 0 Å². The Kier molecular flexibility index (Phi) is 4.94. The quantitative estimate of drug-likeness (QED) is 0.302. The zero-order valence-corrected chi connectivity index (χ0v) is 19.2. The van der Waals surface area contributed by atoms with E-state index in [1.165, 1.54) is 44.5 Å². The molecule has 0 aliphatic heterocycles. The van der Waals surface area contributed by atoms with Gasteiger partial charge in [-0.1, -0.05) is 127 Å². The molecule has 1 unspecified atom stereocenters. The number of aliphatic hydroxyl groups excluding tert-OH is 1. The number of aryl methyl sites for hydroxylation is 1. The molecule has 1 aliphatic carbocycles. The maximum atomic E-state index is 9.53. The van der Waals surface area contributed by atoms with Crippen molar-refractivity contribution in [2.45, 2.75) is 18.9 Å². The van der Waals surface area contributed by atoms with Crippen molar-refractivity contribution < 1.29 is 5.11 Å². The van der Waals surface area contributed by atoms with Gasteiger partial charge < -0.3 is 5.11 Å². The molecule has 0 aromatic heterocycles. The van der Waals surface area contributed by atoms with Crippen LogP contribution >= 0.6 is 0 Å². The number of benzene rings is 5. The van der Waals surface area contributed by atoms with Gasteiger partial charge in [0.2, 0.25) is 0 Å². The van der Waals surface area contributed by atoms with E-state index in [9.17, 15) is 5.11 Å². The number of hydrogen-bond donors (Lipinski definition) is 1. The number of aliphatic hydroxyl groups is 1. The van der Waals surface area contributed by atoms with Gasteiger partial charge in [-0.05, 0) is 57.0 Å². The van der Waals surface area contributed by atoms with Gasteiger partial charge in [-0.3, -0.25) is 0 Å². The van der Waals surface area contributed by atoms with Gasteiger partial charge in [0.1, 0.15) is 0 Å². The van der Waals surface area contributed by atoms with E-state index >= 15 is 0 Å². The van der Waals surface area contributed by atoms with E-state index in [-0.39, 0.29) is 12.0 Å². The van der Waals surface area contributed by atoms with Crippen LogP contribution in [0.5, 0.6) is 0 Å². The minimum atomic E-state index is -0.389. The zero-order valence-electron chi connectivity index (χ0n) is 19.2. The van der Waals surface area contributed by atoms with Crippen molar-refractivity contribution in [1.29, 1.82) is 0 Å². The zero-order chi connectivity index (χ0) is 23.1. The first-order valence-corrected chi connectivity index (χ1v) is 11.8. The topological polar surface area (TPSA) is 20.2 Å². The second kappa shape index (κ2) is 8.13. The van der Waals surface area contributed by atoms with E-state index in [1.807, 2.05) is 12.1 Å². The average molecular weight is 439 g/mol. The Morgan fingerprint density at radius 2 is 1.24 bits per heavy atom. The van der Waals surface area contributed by atoms with E-state index < -0.39 is 0 Å². The fraction of sp³-hybridized carbons (Fsp3) is 0.0909. The maximum Gasteiger partial charge on any atom is 0.0713 e. The summed E-state index contributed by atoms with van der Waals surface area (Å²) >= 11 is 0. The van der Waals surface area contributed by atoms with Gasteiger partial charge in [-0.2, -0.15) is 0 Å². The van der Waals surface area contributed by atoms with Crippen LogP contribution in [0.2, 0.25) is 0 Å². The smallest absolute Gasteiger partial charge is 0.0713 e. The Labute approximate surface area is 201 Å². The van der Waals surface area contributed by atoms with Crippen LogP contribution in [-0.4, -0.2) is 5.11 Å². The molecule has 0 saturated heterocycles. The largest absolute Gasteiger partial charge is 0.392 e. The highest BCUT2D eigenvalue weighted by Crippen LogP contribution is 2.58. The van der Waals surface area contributed by atoms with Crippen molar-refractivity contribution >= 4 is 0 Å². The van der Waals surface area contributed by atoms with E-state index in [0.717, 1.165) is 11.1 Å². The summed E-state index contributed by atoms with van der Waals surface area (Å²) in [6.07, 6.45) is 0. The highest BCUT2D eigenvalue weighted by Gasteiger charge is 2.46. The van der Waals surface area contributed by atoms with Crippen molar-refractivity contribution in [1.82, 2.24) is 0 Å². The second-order valence-corrected chi connectivity index (χ2v) is 9.11. The van der Waals surface area contributed by atoms with Crippen LogP contribution in [0.15, 0.2) is 121 Å². The van der Waals surface area contributed by atoms with Crippen LogP contribution in [0.1, 0.15) is 33.4 Å². The maximum absolute atomic E-state index is 9.53. The minimum absolute atomic E-state index is 0.0560. The molecule has 0 radical (unpaired) electrons. The number of hydrogen-bond acceptors (Lipinski definition) is 1. The summed E-state index contributed by atoms with van der Waals surface area (Å²) in [6.45, 7) is 2.23. The SMILES string of the molecule is Cc1cccc(C2(c3ccccc3)c3ccccc3-c3c(-c4ccc(CO)cc4)cccc32)c1. The first-order chi connectivity index (χ1) is 16.7. The third-order valence-corrected chi connectivity index (χ3v) is 7.17. The lowest BCUT2D eigenvalue weighted by Gasteiger charge is -2.34. The Hall–Kier alpha value is -3.94. The highest BCUT2D eigenvalue weighted by molar-refractivity contribution is 5.95. The molecule has 0 heterocycles. The first kappa shape index (κ1) is 20.7. The molecule has 1 heteroatoms. The van der Waals surface area contributed by atoms with Crippen LogP contribution in [0.3, 0.4) is 0 Å².